The predicted molar refractivity (Wildman–Crippen MR) is 84.3 cm³/mol. The van der Waals surface area contributed by atoms with Gasteiger partial charge in [0.1, 0.15) is 0 Å². The van der Waals surface area contributed by atoms with Gasteiger partial charge >= 0.3 is 6.03 Å². The molecule has 2 aliphatic heterocycles. The first-order valence-corrected chi connectivity index (χ1v) is 9.05. The Hall–Kier alpha value is -0.420. The second kappa shape index (κ2) is 7.55. The van der Waals surface area contributed by atoms with Crippen LogP contribution in [0.15, 0.2) is 0 Å². The van der Waals surface area contributed by atoms with E-state index < -0.39 is 0 Å². The SMILES string of the molecule is CCN(C(=O)N(C[C@@H]1CCCO1)[C@@H]1CCSC1)C(C)C. The summed E-state index contributed by atoms with van der Waals surface area (Å²) in [6.45, 7) is 8.65. The minimum absolute atomic E-state index is 0.200. The Morgan fingerprint density at radius 1 is 1.40 bits per heavy atom. The van der Waals surface area contributed by atoms with Gasteiger partial charge in [0.15, 0.2) is 0 Å². The van der Waals surface area contributed by atoms with Crippen LogP contribution in [0.25, 0.3) is 0 Å². The zero-order valence-electron chi connectivity index (χ0n) is 13.0. The Bertz CT molecular complexity index is 313. The molecule has 0 N–H and O–H groups in total. The average molecular weight is 300 g/mol. The van der Waals surface area contributed by atoms with Crippen LogP contribution in [0, 0.1) is 0 Å². The summed E-state index contributed by atoms with van der Waals surface area (Å²) in [7, 11) is 0. The highest BCUT2D eigenvalue weighted by Crippen LogP contribution is 2.25. The molecule has 5 heteroatoms. The molecule has 0 aliphatic carbocycles. The van der Waals surface area contributed by atoms with Crippen LogP contribution in [0.3, 0.4) is 0 Å². The largest absolute Gasteiger partial charge is 0.376 e. The van der Waals surface area contributed by atoms with Gasteiger partial charge in [-0.25, -0.2) is 4.79 Å². The molecule has 2 aliphatic rings. The lowest BCUT2D eigenvalue weighted by Crippen LogP contribution is -2.52. The third-order valence-corrected chi connectivity index (χ3v) is 5.37. The first kappa shape index (κ1) is 16.0. The summed E-state index contributed by atoms with van der Waals surface area (Å²) in [5.74, 6) is 2.25. The first-order valence-electron chi connectivity index (χ1n) is 7.90. The van der Waals surface area contributed by atoms with Crippen molar-refractivity contribution >= 4 is 17.8 Å². The van der Waals surface area contributed by atoms with Gasteiger partial charge in [-0.15, -0.1) is 0 Å². The molecule has 0 aromatic heterocycles. The zero-order valence-corrected chi connectivity index (χ0v) is 13.8. The molecule has 2 fully saturated rings. The van der Waals surface area contributed by atoms with Gasteiger partial charge in [-0.1, -0.05) is 0 Å². The molecule has 0 spiro atoms. The molecule has 116 valence electrons. The molecule has 0 radical (unpaired) electrons. The highest BCUT2D eigenvalue weighted by atomic mass is 32.2. The van der Waals surface area contributed by atoms with Crippen LogP contribution in [0.2, 0.25) is 0 Å². The van der Waals surface area contributed by atoms with Gasteiger partial charge in [-0.2, -0.15) is 11.8 Å². The smallest absolute Gasteiger partial charge is 0.320 e. The molecule has 0 saturated carbocycles. The van der Waals surface area contributed by atoms with Crippen molar-refractivity contribution in [3.63, 3.8) is 0 Å². The van der Waals surface area contributed by atoms with E-state index in [4.69, 9.17) is 4.74 Å². The molecule has 4 nitrogen and oxygen atoms in total. The summed E-state index contributed by atoms with van der Waals surface area (Å²) < 4.78 is 5.75. The Balaban J connectivity index is 2.05. The summed E-state index contributed by atoms with van der Waals surface area (Å²) in [4.78, 5) is 16.9. The number of hydrogen-bond acceptors (Lipinski definition) is 3. The van der Waals surface area contributed by atoms with Crippen LogP contribution in [-0.2, 0) is 4.74 Å². The van der Waals surface area contributed by atoms with Crippen molar-refractivity contribution in [3.8, 4) is 0 Å². The molecule has 0 aromatic carbocycles. The normalized spacial score (nSPS) is 26.2. The number of thioether (sulfide) groups is 1. The number of nitrogens with zero attached hydrogens (tertiary/aromatic N) is 2. The Morgan fingerprint density at radius 2 is 2.20 bits per heavy atom. The number of amides is 2. The van der Waals surface area contributed by atoms with Gasteiger partial charge in [-0.05, 0) is 45.8 Å². The molecule has 0 aromatic rings. The third kappa shape index (κ3) is 3.82. The van der Waals surface area contributed by atoms with Crippen molar-refractivity contribution in [3.05, 3.63) is 0 Å². The second-order valence-electron chi connectivity index (χ2n) is 5.97. The summed E-state index contributed by atoms with van der Waals surface area (Å²) in [6, 6.07) is 0.851. The molecule has 0 bridgehead atoms. The van der Waals surface area contributed by atoms with Crippen LogP contribution in [0.4, 0.5) is 4.79 Å². The maximum atomic E-state index is 12.9. The lowest BCUT2D eigenvalue weighted by atomic mass is 10.1. The monoisotopic (exact) mass is 300 g/mol. The number of carbonyl (C=O) groups is 1. The van der Waals surface area contributed by atoms with Crippen LogP contribution < -0.4 is 0 Å². The molecule has 2 heterocycles. The fraction of sp³-hybridized carbons (Fsp3) is 0.933. The van der Waals surface area contributed by atoms with Gasteiger partial charge in [0, 0.05) is 37.5 Å². The fourth-order valence-electron chi connectivity index (χ4n) is 3.05. The summed E-state index contributed by atoms with van der Waals surface area (Å²) in [5.41, 5.74) is 0. The van der Waals surface area contributed by atoms with Crippen LogP contribution >= 0.6 is 11.8 Å². The van der Waals surface area contributed by atoms with Crippen LogP contribution in [0.1, 0.15) is 40.0 Å². The number of hydrogen-bond donors (Lipinski definition) is 0. The zero-order chi connectivity index (χ0) is 14.5. The molecule has 2 amide bonds. The number of urea groups is 1. The molecular weight excluding hydrogens is 272 g/mol. The van der Waals surface area contributed by atoms with Crippen molar-refractivity contribution in [1.29, 1.82) is 0 Å². The highest BCUT2D eigenvalue weighted by molar-refractivity contribution is 7.99. The predicted octanol–water partition coefficient (Wildman–Crippen LogP) is 2.82. The van der Waals surface area contributed by atoms with E-state index in [1.165, 1.54) is 5.75 Å². The second-order valence-corrected chi connectivity index (χ2v) is 7.12. The molecule has 20 heavy (non-hydrogen) atoms. The molecular formula is C15H28N2O2S. The Morgan fingerprint density at radius 3 is 2.70 bits per heavy atom. The van der Waals surface area contributed by atoms with Gasteiger partial charge < -0.3 is 14.5 Å². The number of ether oxygens (including phenoxy) is 1. The lowest BCUT2D eigenvalue weighted by Gasteiger charge is -2.37. The third-order valence-electron chi connectivity index (χ3n) is 4.23. The minimum Gasteiger partial charge on any atom is -0.376 e. The summed E-state index contributed by atoms with van der Waals surface area (Å²) in [6.07, 6.45) is 3.60. The lowest BCUT2D eigenvalue weighted by molar-refractivity contribution is 0.0602. The summed E-state index contributed by atoms with van der Waals surface area (Å²) in [5, 5.41) is 0. The van der Waals surface area contributed by atoms with E-state index in [9.17, 15) is 4.79 Å². The maximum absolute atomic E-state index is 12.9. The van der Waals surface area contributed by atoms with Gasteiger partial charge in [-0.3, -0.25) is 0 Å². The standard InChI is InChI=1S/C15H28N2O2S/c1-4-16(12(2)3)15(18)17(13-7-9-20-11-13)10-14-6-5-8-19-14/h12-14H,4-11H2,1-3H3/t13-,14+/m1/s1. The van der Waals surface area contributed by atoms with Gasteiger partial charge in [0.2, 0.25) is 0 Å². The Labute approximate surface area is 127 Å². The minimum atomic E-state index is 0.200. The van der Waals surface area contributed by atoms with E-state index in [2.05, 4.69) is 25.7 Å². The van der Waals surface area contributed by atoms with E-state index in [1.54, 1.807) is 0 Å². The van der Waals surface area contributed by atoms with Gasteiger partial charge in [0.05, 0.1) is 6.10 Å². The highest BCUT2D eigenvalue weighted by Gasteiger charge is 2.33. The van der Waals surface area contributed by atoms with E-state index in [0.717, 1.165) is 44.7 Å². The topological polar surface area (TPSA) is 32.8 Å². The Kier molecular flexibility index (Phi) is 6.02. The van der Waals surface area contributed by atoms with Gasteiger partial charge in [0.25, 0.3) is 0 Å². The number of carbonyl (C=O) groups excluding carboxylic acids is 1. The molecule has 2 atom stereocenters. The number of rotatable bonds is 5. The van der Waals surface area contributed by atoms with Crippen molar-refractivity contribution in [1.82, 2.24) is 9.80 Å². The first-order chi connectivity index (χ1) is 9.63. The molecule has 2 saturated heterocycles. The van der Waals surface area contributed by atoms with Crippen molar-refractivity contribution in [2.24, 2.45) is 0 Å². The van der Waals surface area contributed by atoms with E-state index in [1.807, 2.05) is 16.7 Å². The van der Waals surface area contributed by atoms with Crippen LogP contribution in [-0.4, -0.2) is 65.2 Å². The fourth-order valence-corrected chi connectivity index (χ4v) is 4.27. The summed E-state index contributed by atoms with van der Waals surface area (Å²) >= 11 is 1.96. The molecule has 0 unspecified atom stereocenters. The van der Waals surface area contributed by atoms with Crippen molar-refractivity contribution in [2.75, 3.05) is 31.2 Å². The average Bonchev–Trinajstić information content (AvgIpc) is 3.09. The quantitative estimate of drug-likeness (QED) is 0.783. The van der Waals surface area contributed by atoms with Crippen LogP contribution in [0.5, 0.6) is 0 Å². The van der Waals surface area contributed by atoms with E-state index in [-0.39, 0.29) is 18.2 Å². The van der Waals surface area contributed by atoms with E-state index >= 15 is 0 Å². The van der Waals surface area contributed by atoms with E-state index in [0.29, 0.717) is 6.04 Å². The maximum Gasteiger partial charge on any atom is 0.320 e. The molecule has 2 rings (SSSR count). The van der Waals surface area contributed by atoms with Crippen molar-refractivity contribution < 1.29 is 9.53 Å². The van der Waals surface area contributed by atoms with Crippen molar-refractivity contribution in [2.45, 2.75) is 58.2 Å².